The van der Waals surface area contributed by atoms with E-state index in [0.717, 1.165) is 5.56 Å². The second kappa shape index (κ2) is 8.46. The van der Waals surface area contributed by atoms with E-state index in [2.05, 4.69) is 14.7 Å². The van der Waals surface area contributed by atoms with Crippen molar-refractivity contribution >= 4 is 50.5 Å². The Morgan fingerprint density at radius 2 is 1.49 bits per heavy atom. The molecule has 1 aromatic heterocycles. The topological polar surface area (TPSA) is 132 Å². The normalized spacial score (nSPS) is 13.0. The maximum Gasteiger partial charge on any atom is 0.280 e. The van der Waals surface area contributed by atoms with E-state index in [1.165, 1.54) is 36.4 Å². The number of benzene rings is 3. The van der Waals surface area contributed by atoms with Crippen molar-refractivity contribution in [1.29, 1.82) is 0 Å². The Morgan fingerprint density at radius 1 is 0.857 bits per heavy atom. The van der Waals surface area contributed by atoms with Gasteiger partial charge in [-0.2, -0.15) is 0 Å². The number of hydrogen-bond donors (Lipinski definition) is 4. The summed E-state index contributed by atoms with van der Waals surface area (Å²) >= 11 is 11.7. The number of aliphatic imine (C=N–C) groups is 1. The number of H-pyrrole nitrogens is 1. The van der Waals surface area contributed by atoms with Crippen LogP contribution in [0.25, 0.3) is 11.3 Å². The van der Waals surface area contributed by atoms with Gasteiger partial charge in [0.2, 0.25) is 0 Å². The molecule has 0 fully saturated rings. The zero-order valence-electron chi connectivity index (χ0n) is 17.6. The second-order valence-corrected chi connectivity index (χ2v) is 10.1. The highest BCUT2D eigenvalue weighted by atomic mass is 35.5. The van der Waals surface area contributed by atoms with Gasteiger partial charge in [0.05, 0.1) is 43.2 Å². The number of aromatic hydroxyl groups is 2. The molecule has 0 unspecified atom stereocenters. The number of fused-ring (bicyclic) bond motifs is 1. The molecular formula is C24H15Cl2N3O5S. The second-order valence-electron chi connectivity index (χ2n) is 7.65. The molecule has 0 aliphatic carbocycles. The van der Waals surface area contributed by atoms with Crippen molar-refractivity contribution < 1.29 is 23.4 Å². The van der Waals surface area contributed by atoms with Crippen LogP contribution in [0.15, 0.2) is 76.6 Å². The Morgan fingerprint density at radius 3 is 2.11 bits per heavy atom. The van der Waals surface area contributed by atoms with Gasteiger partial charge in [0, 0.05) is 5.56 Å². The molecule has 0 spiro atoms. The number of nitrogens with one attached hydrogen (secondary N) is 2. The molecule has 35 heavy (non-hydrogen) atoms. The highest BCUT2D eigenvalue weighted by Gasteiger charge is 2.33. The van der Waals surface area contributed by atoms with Gasteiger partial charge >= 0.3 is 0 Å². The molecule has 2 heterocycles. The predicted octanol–water partition coefficient (Wildman–Crippen LogP) is 5.19. The summed E-state index contributed by atoms with van der Waals surface area (Å²) in [5.74, 6) is -1.07. The number of carbonyl (C=O) groups is 1. The Kier molecular flexibility index (Phi) is 5.55. The zero-order chi connectivity index (χ0) is 24.9. The number of amides is 1. The van der Waals surface area contributed by atoms with Crippen LogP contribution in [0.2, 0.25) is 10.0 Å². The number of aromatic nitrogens is 1. The molecule has 4 N–H and O–H groups in total. The molecule has 11 heteroatoms. The van der Waals surface area contributed by atoms with E-state index in [0.29, 0.717) is 11.3 Å². The van der Waals surface area contributed by atoms with Crippen LogP contribution in [-0.2, 0) is 10.0 Å². The fourth-order valence-corrected chi connectivity index (χ4v) is 5.33. The average molecular weight is 528 g/mol. The number of sulfonamides is 1. The van der Waals surface area contributed by atoms with E-state index in [1.54, 1.807) is 12.1 Å². The Balaban J connectivity index is 1.46. The summed E-state index contributed by atoms with van der Waals surface area (Å²) in [6.45, 7) is 0. The summed E-state index contributed by atoms with van der Waals surface area (Å²) < 4.78 is 28.0. The number of anilines is 1. The molecule has 1 aliphatic rings. The van der Waals surface area contributed by atoms with Gasteiger partial charge in [-0.3, -0.25) is 9.52 Å². The minimum Gasteiger partial charge on any atom is -0.505 e. The maximum atomic E-state index is 12.8. The molecule has 3 aromatic carbocycles. The monoisotopic (exact) mass is 527 g/mol. The molecule has 0 atom stereocenters. The minimum absolute atomic E-state index is 0.0722. The average Bonchev–Trinajstić information content (AvgIpc) is 3.36. The molecule has 0 radical (unpaired) electrons. The summed E-state index contributed by atoms with van der Waals surface area (Å²) in [5.41, 5.74) is 2.44. The number of carbonyl (C=O) groups excluding carboxylic acids is 1. The molecule has 176 valence electrons. The van der Waals surface area contributed by atoms with Gasteiger partial charge in [0.15, 0.2) is 11.6 Å². The zero-order valence-corrected chi connectivity index (χ0v) is 19.9. The third-order valence-electron chi connectivity index (χ3n) is 5.41. The van der Waals surface area contributed by atoms with E-state index in [-0.39, 0.29) is 49.1 Å². The molecule has 5 rings (SSSR count). The molecule has 4 aromatic rings. The summed E-state index contributed by atoms with van der Waals surface area (Å²) in [6.07, 6.45) is 0. The van der Waals surface area contributed by atoms with Crippen LogP contribution in [0.3, 0.4) is 0 Å². The number of halogens is 2. The summed E-state index contributed by atoms with van der Waals surface area (Å²) in [5, 5.41) is 20.0. The largest absolute Gasteiger partial charge is 0.505 e. The van der Waals surface area contributed by atoms with Crippen LogP contribution in [0.5, 0.6) is 11.6 Å². The van der Waals surface area contributed by atoms with Crippen molar-refractivity contribution in [3.8, 4) is 22.9 Å². The van der Waals surface area contributed by atoms with Crippen LogP contribution in [0.1, 0.15) is 21.5 Å². The highest BCUT2D eigenvalue weighted by molar-refractivity contribution is 7.92. The first-order chi connectivity index (χ1) is 16.7. The smallest absolute Gasteiger partial charge is 0.280 e. The summed E-state index contributed by atoms with van der Waals surface area (Å²) in [6, 6.07) is 17.2. The van der Waals surface area contributed by atoms with Crippen LogP contribution in [-0.4, -0.2) is 35.2 Å². The van der Waals surface area contributed by atoms with Crippen molar-refractivity contribution in [1.82, 2.24) is 4.98 Å². The first-order valence-electron chi connectivity index (χ1n) is 10.1. The lowest BCUT2D eigenvalue weighted by molar-refractivity contribution is 0.101. The van der Waals surface area contributed by atoms with Crippen LogP contribution < -0.4 is 4.72 Å². The van der Waals surface area contributed by atoms with Crippen LogP contribution >= 0.6 is 23.2 Å². The van der Waals surface area contributed by atoms with Crippen LogP contribution in [0, 0.1) is 0 Å². The van der Waals surface area contributed by atoms with Crippen molar-refractivity contribution in [2.24, 2.45) is 4.99 Å². The van der Waals surface area contributed by atoms with Gasteiger partial charge in [-0.15, -0.1) is 0 Å². The summed E-state index contributed by atoms with van der Waals surface area (Å²) in [4.78, 5) is 19.6. The van der Waals surface area contributed by atoms with E-state index < -0.39 is 15.9 Å². The number of rotatable bonds is 5. The fraction of sp³-hybridized carbons (Fsp3) is 0. The van der Waals surface area contributed by atoms with Crippen LogP contribution in [0.4, 0.5) is 5.69 Å². The molecule has 0 saturated heterocycles. The Bertz CT molecular complexity index is 1610. The van der Waals surface area contributed by atoms with E-state index in [9.17, 15) is 23.4 Å². The predicted molar refractivity (Wildman–Crippen MR) is 133 cm³/mol. The number of aromatic amines is 1. The van der Waals surface area contributed by atoms with Crippen molar-refractivity contribution in [2.45, 2.75) is 4.90 Å². The number of hydrogen-bond acceptors (Lipinski definition) is 5. The Hall–Kier alpha value is -3.79. The molecule has 0 bridgehead atoms. The minimum atomic E-state index is -4.02. The van der Waals surface area contributed by atoms with E-state index >= 15 is 0 Å². The Labute approximate surface area is 209 Å². The van der Waals surface area contributed by atoms with E-state index in [1.807, 2.05) is 18.2 Å². The molecule has 1 amide bonds. The SMILES string of the molecule is O=C1N=C(c2ccc(S(=O)(=O)Nc3cc(Cl)c(O)c(Cl)c3)cc2)c2c(O)[nH]c(-c3ccccc3)c21. The van der Waals surface area contributed by atoms with Crippen molar-refractivity contribution in [3.05, 3.63) is 93.5 Å². The third-order valence-corrected chi connectivity index (χ3v) is 7.39. The van der Waals surface area contributed by atoms with Gasteiger partial charge in [0.1, 0.15) is 0 Å². The number of phenols is 1. The van der Waals surface area contributed by atoms with Gasteiger partial charge in [0.25, 0.3) is 15.9 Å². The van der Waals surface area contributed by atoms with Gasteiger partial charge < -0.3 is 15.2 Å². The molecule has 1 aliphatic heterocycles. The molecular weight excluding hydrogens is 513 g/mol. The first kappa shape index (κ1) is 23.0. The number of phenolic OH excluding ortho intramolecular Hbond substituents is 1. The lowest BCUT2D eigenvalue weighted by Crippen LogP contribution is -2.13. The maximum absolute atomic E-state index is 12.8. The molecule has 8 nitrogen and oxygen atoms in total. The van der Waals surface area contributed by atoms with Crippen molar-refractivity contribution in [2.75, 3.05) is 4.72 Å². The quantitative estimate of drug-likeness (QED) is 0.265. The van der Waals surface area contributed by atoms with Gasteiger partial charge in [-0.25, -0.2) is 13.4 Å². The third kappa shape index (κ3) is 4.03. The van der Waals surface area contributed by atoms with Crippen molar-refractivity contribution in [3.63, 3.8) is 0 Å². The fourth-order valence-electron chi connectivity index (χ4n) is 3.81. The van der Waals surface area contributed by atoms with E-state index in [4.69, 9.17) is 23.2 Å². The van der Waals surface area contributed by atoms with Gasteiger partial charge in [-0.05, 0) is 29.8 Å². The molecule has 0 saturated carbocycles. The standard InChI is InChI=1S/C24H15Cl2N3O5S/c25-16-10-14(11-17(26)22(16)30)29-35(33,34)15-8-6-13(7-9-15)21-19-18(23(31)28-21)20(27-24(19)32)12-4-2-1-3-5-12/h1-11,27,29-30,32H. The lowest BCUT2D eigenvalue weighted by Gasteiger charge is -2.10. The highest BCUT2D eigenvalue weighted by Crippen LogP contribution is 2.38. The lowest BCUT2D eigenvalue weighted by atomic mass is 10.0. The summed E-state index contributed by atoms with van der Waals surface area (Å²) in [7, 11) is -4.02. The van der Waals surface area contributed by atoms with Gasteiger partial charge in [-0.1, -0.05) is 65.7 Å². The first-order valence-corrected chi connectivity index (χ1v) is 12.3. The number of nitrogens with zero attached hydrogens (tertiary/aromatic N) is 1.